The zero-order chi connectivity index (χ0) is 23.0. The molecule has 0 bridgehead atoms. The predicted molar refractivity (Wildman–Crippen MR) is 117 cm³/mol. The molecule has 9 nitrogen and oxygen atoms in total. The van der Waals surface area contributed by atoms with Gasteiger partial charge in [0.05, 0.1) is 38.1 Å². The van der Waals surface area contributed by atoms with Crippen LogP contribution in [0.2, 0.25) is 0 Å². The van der Waals surface area contributed by atoms with E-state index in [4.69, 9.17) is 9.47 Å². The molecule has 1 aromatic carbocycles. The highest BCUT2D eigenvalue weighted by Crippen LogP contribution is 2.42. The summed E-state index contributed by atoms with van der Waals surface area (Å²) in [4.78, 5) is 43.8. The van der Waals surface area contributed by atoms with Crippen molar-refractivity contribution in [3.05, 3.63) is 35.0 Å². The van der Waals surface area contributed by atoms with E-state index in [0.717, 1.165) is 25.9 Å². The second-order valence-electron chi connectivity index (χ2n) is 8.61. The predicted octanol–water partition coefficient (Wildman–Crippen LogP) is 1.75. The van der Waals surface area contributed by atoms with E-state index in [0.29, 0.717) is 34.3 Å². The normalized spacial score (nSPS) is 21.6. The number of nitrogens with one attached hydrogen (secondary N) is 1. The van der Waals surface area contributed by atoms with Crippen molar-refractivity contribution in [2.45, 2.75) is 25.8 Å². The van der Waals surface area contributed by atoms with Crippen LogP contribution in [0, 0.1) is 5.92 Å². The lowest BCUT2D eigenvalue weighted by molar-refractivity contribution is -0.138. The van der Waals surface area contributed by atoms with Crippen molar-refractivity contribution in [3.63, 3.8) is 0 Å². The smallest absolute Gasteiger partial charge is 0.322 e. The zero-order valence-electron chi connectivity index (χ0n) is 19.0. The average molecular weight is 443 g/mol. The standard InChI is InChI=1S/C23H30N4O5/c1-14-8-10-26(11-9-14)18(28)13-27-12-16-19(22(27)29)20(24-23(30)25(16)2)15-6-5-7-17(31-3)21(15)32-4/h5-7,14,20H,8-13H2,1-4H3,(H,24,30). The summed E-state index contributed by atoms with van der Waals surface area (Å²) in [6.07, 6.45) is 1.96. The first-order chi connectivity index (χ1) is 15.3. The monoisotopic (exact) mass is 442 g/mol. The molecule has 1 unspecified atom stereocenters. The summed E-state index contributed by atoms with van der Waals surface area (Å²) in [6.45, 7) is 3.86. The van der Waals surface area contributed by atoms with Crippen molar-refractivity contribution in [3.8, 4) is 11.5 Å². The highest BCUT2D eigenvalue weighted by atomic mass is 16.5. The Kier molecular flexibility index (Phi) is 5.99. The van der Waals surface area contributed by atoms with Crippen LogP contribution in [0.5, 0.6) is 11.5 Å². The number of carbonyl (C=O) groups is 3. The number of methoxy groups -OCH3 is 2. The van der Waals surface area contributed by atoms with Gasteiger partial charge in [-0.05, 0) is 24.8 Å². The number of carbonyl (C=O) groups excluding carboxylic acids is 3. The van der Waals surface area contributed by atoms with Gasteiger partial charge in [-0.3, -0.25) is 14.5 Å². The van der Waals surface area contributed by atoms with Crippen molar-refractivity contribution in [1.82, 2.24) is 20.0 Å². The van der Waals surface area contributed by atoms with Crippen LogP contribution in [0.3, 0.4) is 0 Å². The molecule has 4 amide bonds. The maximum absolute atomic E-state index is 13.4. The maximum Gasteiger partial charge on any atom is 0.322 e. The van der Waals surface area contributed by atoms with Gasteiger partial charge in [0.2, 0.25) is 5.91 Å². The lowest BCUT2D eigenvalue weighted by Crippen LogP contribution is -2.45. The van der Waals surface area contributed by atoms with E-state index in [9.17, 15) is 14.4 Å². The molecule has 3 aliphatic rings. The molecule has 1 N–H and O–H groups in total. The molecule has 1 saturated heterocycles. The van der Waals surface area contributed by atoms with E-state index in [-0.39, 0.29) is 30.9 Å². The molecule has 0 saturated carbocycles. The Morgan fingerprint density at radius 3 is 2.53 bits per heavy atom. The van der Waals surface area contributed by atoms with E-state index in [1.807, 2.05) is 4.90 Å². The molecule has 0 spiro atoms. The van der Waals surface area contributed by atoms with E-state index in [1.165, 1.54) is 24.0 Å². The molecule has 0 aromatic heterocycles. The van der Waals surface area contributed by atoms with Gasteiger partial charge in [0.1, 0.15) is 6.54 Å². The number of amides is 4. The summed E-state index contributed by atoms with van der Waals surface area (Å²) in [6, 6.07) is 4.35. The summed E-state index contributed by atoms with van der Waals surface area (Å²) < 4.78 is 10.9. The van der Waals surface area contributed by atoms with Crippen LogP contribution < -0.4 is 14.8 Å². The molecular formula is C23H30N4O5. The Morgan fingerprint density at radius 2 is 1.88 bits per heavy atom. The van der Waals surface area contributed by atoms with Crippen molar-refractivity contribution in [2.75, 3.05) is 47.4 Å². The summed E-state index contributed by atoms with van der Waals surface area (Å²) in [5.74, 6) is 1.28. The van der Waals surface area contributed by atoms with Gasteiger partial charge in [-0.25, -0.2) is 4.79 Å². The number of hydrogen-bond donors (Lipinski definition) is 1. The summed E-state index contributed by atoms with van der Waals surface area (Å²) in [5, 5.41) is 2.90. The topological polar surface area (TPSA) is 91.4 Å². The minimum Gasteiger partial charge on any atom is -0.493 e. The number of hydrogen-bond acceptors (Lipinski definition) is 5. The van der Waals surface area contributed by atoms with Gasteiger partial charge >= 0.3 is 6.03 Å². The first kappa shape index (κ1) is 22.0. The van der Waals surface area contributed by atoms with E-state index in [1.54, 1.807) is 25.2 Å². The van der Waals surface area contributed by atoms with Gasteiger partial charge in [0.15, 0.2) is 11.5 Å². The van der Waals surface area contributed by atoms with Crippen LogP contribution in [0.4, 0.5) is 4.79 Å². The Labute approximate surface area is 187 Å². The number of likely N-dealkylation sites (tertiary alicyclic amines) is 1. The van der Waals surface area contributed by atoms with Gasteiger partial charge in [0, 0.05) is 25.7 Å². The highest BCUT2D eigenvalue weighted by molar-refractivity contribution is 6.03. The molecule has 4 rings (SSSR count). The van der Waals surface area contributed by atoms with Gasteiger partial charge < -0.3 is 24.6 Å². The lowest BCUT2D eigenvalue weighted by Gasteiger charge is -2.31. The van der Waals surface area contributed by atoms with E-state index in [2.05, 4.69) is 12.2 Å². The van der Waals surface area contributed by atoms with Crippen LogP contribution >= 0.6 is 0 Å². The molecule has 1 atom stereocenters. The Bertz CT molecular complexity index is 967. The molecule has 3 aliphatic heterocycles. The number of nitrogens with zero attached hydrogens (tertiary/aromatic N) is 3. The van der Waals surface area contributed by atoms with Gasteiger partial charge in [-0.1, -0.05) is 19.1 Å². The number of benzene rings is 1. The van der Waals surface area contributed by atoms with Crippen LogP contribution in [0.15, 0.2) is 29.5 Å². The second kappa shape index (κ2) is 8.72. The van der Waals surface area contributed by atoms with Crippen LogP contribution in [-0.2, 0) is 9.59 Å². The maximum atomic E-state index is 13.4. The molecule has 0 radical (unpaired) electrons. The highest BCUT2D eigenvalue weighted by Gasteiger charge is 2.44. The summed E-state index contributed by atoms with van der Waals surface area (Å²) in [7, 11) is 4.69. The lowest BCUT2D eigenvalue weighted by atomic mass is 9.94. The fraction of sp³-hybridized carbons (Fsp3) is 0.522. The fourth-order valence-corrected chi connectivity index (χ4v) is 4.64. The minimum absolute atomic E-state index is 0.00418. The average Bonchev–Trinajstić information content (AvgIpc) is 3.12. The van der Waals surface area contributed by atoms with Gasteiger partial charge in [-0.2, -0.15) is 0 Å². The Balaban J connectivity index is 1.61. The third kappa shape index (κ3) is 3.76. The van der Waals surface area contributed by atoms with Crippen LogP contribution in [0.25, 0.3) is 0 Å². The van der Waals surface area contributed by atoms with Crippen LogP contribution in [0.1, 0.15) is 31.4 Å². The zero-order valence-corrected chi connectivity index (χ0v) is 19.0. The van der Waals surface area contributed by atoms with Crippen molar-refractivity contribution in [1.29, 1.82) is 0 Å². The third-order valence-electron chi connectivity index (χ3n) is 6.64. The first-order valence-electron chi connectivity index (χ1n) is 10.9. The molecule has 9 heteroatoms. The number of rotatable bonds is 5. The molecule has 172 valence electrons. The molecule has 1 fully saturated rings. The number of piperidine rings is 1. The van der Waals surface area contributed by atoms with Crippen molar-refractivity contribution in [2.24, 2.45) is 5.92 Å². The number of likely N-dealkylation sites (N-methyl/N-ethyl adjacent to an activating group) is 1. The summed E-state index contributed by atoms with van der Waals surface area (Å²) >= 11 is 0. The Hall–Kier alpha value is -3.23. The number of urea groups is 1. The van der Waals surface area contributed by atoms with Crippen LogP contribution in [-0.4, -0.2) is 80.0 Å². The third-order valence-corrected chi connectivity index (χ3v) is 6.64. The molecule has 3 heterocycles. The van der Waals surface area contributed by atoms with Crippen molar-refractivity contribution < 1.29 is 23.9 Å². The minimum atomic E-state index is -0.692. The molecular weight excluding hydrogens is 412 g/mol. The quantitative estimate of drug-likeness (QED) is 0.750. The van der Waals surface area contributed by atoms with Gasteiger partial charge in [-0.15, -0.1) is 0 Å². The first-order valence-corrected chi connectivity index (χ1v) is 10.9. The molecule has 32 heavy (non-hydrogen) atoms. The van der Waals surface area contributed by atoms with Gasteiger partial charge in [0.25, 0.3) is 5.91 Å². The fourth-order valence-electron chi connectivity index (χ4n) is 4.64. The van der Waals surface area contributed by atoms with Crippen molar-refractivity contribution >= 4 is 17.8 Å². The number of para-hydroxylation sites is 1. The number of ether oxygens (including phenoxy) is 2. The molecule has 0 aliphatic carbocycles. The second-order valence-corrected chi connectivity index (χ2v) is 8.61. The largest absolute Gasteiger partial charge is 0.493 e. The summed E-state index contributed by atoms with van der Waals surface area (Å²) in [5.41, 5.74) is 1.69. The Morgan fingerprint density at radius 1 is 1.16 bits per heavy atom. The van der Waals surface area contributed by atoms with E-state index < -0.39 is 6.04 Å². The molecule has 1 aromatic rings. The SMILES string of the molecule is COc1cccc(C2NC(=O)N(C)C3=C2C(=O)N(CC(=O)N2CCC(C)CC2)C3)c1OC. The van der Waals surface area contributed by atoms with E-state index >= 15 is 0 Å².